The summed E-state index contributed by atoms with van der Waals surface area (Å²) in [6.07, 6.45) is -0.688. The Morgan fingerprint density at radius 2 is 1.91 bits per heavy atom. The molecule has 0 aliphatic heterocycles. The molecule has 0 bridgehead atoms. The summed E-state index contributed by atoms with van der Waals surface area (Å²) in [6, 6.07) is 3.14. The summed E-state index contributed by atoms with van der Waals surface area (Å²) in [5, 5.41) is 11.9. The van der Waals surface area contributed by atoms with E-state index in [2.05, 4.69) is 5.32 Å². The number of rotatable bonds is 6. The average molecular weight is 491 g/mol. The van der Waals surface area contributed by atoms with Gasteiger partial charge in [-0.05, 0) is 43.5 Å². The monoisotopic (exact) mass is 490 g/mol. The van der Waals surface area contributed by atoms with Gasteiger partial charge in [0.25, 0.3) is 5.91 Å². The summed E-state index contributed by atoms with van der Waals surface area (Å²) >= 11 is 0. The van der Waals surface area contributed by atoms with Crippen LogP contribution in [0.3, 0.4) is 0 Å². The number of aliphatic hydroxyl groups excluding tert-OH is 1. The van der Waals surface area contributed by atoms with Crippen molar-refractivity contribution in [1.82, 2.24) is 4.57 Å². The van der Waals surface area contributed by atoms with Gasteiger partial charge >= 0.3 is 6.18 Å². The van der Waals surface area contributed by atoms with Crippen molar-refractivity contribution in [2.75, 3.05) is 18.2 Å². The minimum Gasteiger partial charge on any atom is -0.395 e. The third-order valence-electron chi connectivity index (χ3n) is 6.09. The van der Waals surface area contributed by atoms with Crippen molar-refractivity contribution in [2.45, 2.75) is 56.1 Å². The molecule has 2 N–H and O–H groups in total. The molecule has 1 heterocycles. The third kappa shape index (κ3) is 5.40. The lowest BCUT2D eigenvalue weighted by Crippen LogP contribution is -2.33. The number of halogens is 4. The van der Waals surface area contributed by atoms with Gasteiger partial charge in [0, 0.05) is 36.3 Å². The number of amides is 1. The average Bonchev–Trinajstić information content (AvgIpc) is 3.02. The highest BCUT2D eigenvalue weighted by Crippen LogP contribution is 2.47. The molecule has 0 saturated heterocycles. The summed E-state index contributed by atoms with van der Waals surface area (Å²) in [4.78, 5) is 12.4. The molecule has 1 aliphatic carbocycles. The molecule has 1 aromatic heterocycles. The van der Waals surface area contributed by atoms with E-state index < -0.39 is 44.5 Å². The summed E-state index contributed by atoms with van der Waals surface area (Å²) < 4.78 is 80.0. The molecule has 11 heteroatoms. The van der Waals surface area contributed by atoms with E-state index in [-0.39, 0.29) is 30.8 Å². The number of sulfone groups is 1. The van der Waals surface area contributed by atoms with Crippen molar-refractivity contribution in [3.63, 3.8) is 0 Å². The summed E-state index contributed by atoms with van der Waals surface area (Å²) in [5.41, 5.74) is 0.856. The molecule has 1 aliphatic rings. The van der Waals surface area contributed by atoms with Crippen LogP contribution in [0.15, 0.2) is 29.3 Å². The van der Waals surface area contributed by atoms with E-state index in [9.17, 15) is 35.9 Å². The molecular formula is C22H26F4N2O4S. The van der Waals surface area contributed by atoms with Gasteiger partial charge in [-0.15, -0.1) is 0 Å². The predicted octanol–water partition coefficient (Wildman–Crippen LogP) is 4.42. The molecule has 182 valence electrons. The van der Waals surface area contributed by atoms with E-state index in [1.807, 2.05) is 0 Å². The molecule has 6 nitrogen and oxygen atoms in total. The molecule has 1 fully saturated rings. The molecule has 2 aromatic rings. The Labute approximate surface area is 189 Å². The van der Waals surface area contributed by atoms with Gasteiger partial charge in [0.15, 0.2) is 9.84 Å². The number of carbonyl (C=O) groups excluding carboxylic acids is 1. The number of carbonyl (C=O) groups is 1. The van der Waals surface area contributed by atoms with Crippen LogP contribution in [-0.2, 0) is 16.4 Å². The zero-order valence-corrected chi connectivity index (χ0v) is 19.1. The van der Waals surface area contributed by atoms with Gasteiger partial charge in [0.2, 0.25) is 0 Å². The Morgan fingerprint density at radius 1 is 1.24 bits per heavy atom. The summed E-state index contributed by atoms with van der Waals surface area (Å²) in [5.74, 6) is -4.07. The van der Waals surface area contributed by atoms with Gasteiger partial charge in [-0.1, -0.05) is 12.8 Å². The first-order valence-electron chi connectivity index (χ1n) is 10.5. The van der Waals surface area contributed by atoms with Gasteiger partial charge in [-0.25, -0.2) is 12.8 Å². The highest BCUT2D eigenvalue weighted by molar-refractivity contribution is 7.90. The molecule has 1 amide bonds. The molecule has 2 atom stereocenters. The number of hydrogen-bond acceptors (Lipinski definition) is 4. The molecule has 33 heavy (non-hydrogen) atoms. The maximum atomic E-state index is 14.2. The van der Waals surface area contributed by atoms with Gasteiger partial charge in [0.1, 0.15) is 10.7 Å². The molecule has 1 aromatic carbocycles. The van der Waals surface area contributed by atoms with E-state index in [1.54, 1.807) is 6.92 Å². The van der Waals surface area contributed by atoms with E-state index in [0.29, 0.717) is 30.5 Å². The number of nitrogens with one attached hydrogen (secondary N) is 1. The molecule has 0 spiro atoms. The molecule has 1 saturated carbocycles. The van der Waals surface area contributed by atoms with Crippen LogP contribution in [0, 0.1) is 18.7 Å². The second-order valence-electron chi connectivity index (χ2n) is 8.38. The first kappa shape index (κ1) is 25.2. The Kier molecular flexibility index (Phi) is 7.23. The first-order valence-corrected chi connectivity index (χ1v) is 12.4. The van der Waals surface area contributed by atoms with Crippen LogP contribution < -0.4 is 5.32 Å². The standard InChI is InChI=1S/C22H26F4N2O4S/c1-13-16(21(30)27-14-7-8-19(18(23)11-14)33(2,31)32)12-28(9-10-29)20(13)15-5-3-4-6-17(15)22(24,25)26/h7-8,11-12,15,17,29H,3-6,9-10H2,1-2H3,(H,27,30). The lowest BCUT2D eigenvalue weighted by Gasteiger charge is -2.34. The minimum absolute atomic E-state index is 0.00536. The summed E-state index contributed by atoms with van der Waals surface area (Å²) in [6.45, 7) is 1.28. The quantitative estimate of drug-likeness (QED) is 0.587. The van der Waals surface area contributed by atoms with Crippen molar-refractivity contribution in [2.24, 2.45) is 5.92 Å². The minimum atomic E-state index is -4.38. The van der Waals surface area contributed by atoms with Crippen molar-refractivity contribution in [1.29, 1.82) is 0 Å². The number of hydrogen-bond donors (Lipinski definition) is 2. The second kappa shape index (κ2) is 9.46. The van der Waals surface area contributed by atoms with Crippen LogP contribution in [0.1, 0.15) is 53.2 Å². The maximum absolute atomic E-state index is 14.2. The topological polar surface area (TPSA) is 88.4 Å². The Morgan fingerprint density at radius 3 is 2.48 bits per heavy atom. The number of alkyl halides is 3. The largest absolute Gasteiger partial charge is 0.395 e. The zero-order valence-electron chi connectivity index (χ0n) is 18.2. The highest BCUT2D eigenvalue weighted by Gasteiger charge is 2.47. The van der Waals surface area contributed by atoms with Crippen LogP contribution in [0.25, 0.3) is 0 Å². The fourth-order valence-electron chi connectivity index (χ4n) is 4.62. The first-order chi connectivity index (χ1) is 15.3. The Hall–Kier alpha value is -2.40. The van der Waals surface area contributed by atoms with Gasteiger partial charge < -0.3 is 15.0 Å². The summed E-state index contributed by atoms with van der Waals surface area (Å²) in [7, 11) is -3.78. The smallest absolute Gasteiger partial charge is 0.392 e. The molecule has 2 unspecified atom stereocenters. The SMILES string of the molecule is Cc1c(C(=O)Nc2ccc(S(C)(=O)=O)c(F)c2)cn(CCO)c1C1CCCCC1C(F)(F)F. The molecular weight excluding hydrogens is 464 g/mol. The van der Waals surface area contributed by atoms with Crippen LogP contribution >= 0.6 is 0 Å². The van der Waals surface area contributed by atoms with E-state index in [4.69, 9.17) is 0 Å². The van der Waals surface area contributed by atoms with E-state index in [1.165, 1.54) is 16.8 Å². The Bertz CT molecular complexity index is 1140. The van der Waals surface area contributed by atoms with Crippen molar-refractivity contribution in [3.05, 3.63) is 47.0 Å². The maximum Gasteiger partial charge on any atom is 0.392 e. The van der Waals surface area contributed by atoms with Crippen molar-refractivity contribution < 1.29 is 35.9 Å². The Balaban J connectivity index is 1.96. The number of aliphatic hydroxyl groups is 1. The molecule has 3 rings (SSSR count). The van der Waals surface area contributed by atoms with Crippen molar-refractivity contribution in [3.8, 4) is 0 Å². The van der Waals surface area contributed by atoms with Crippen LogP contribution in [0.5, 0.6) is 0 Å². The van der Waals surface area contributed by atoms with Crippen LogP contribution in [-0.4, -0.2) is 43.0 Å². The van der Waals surface area contributed by atoms with Gasteiger partial charge in [0.05, 0.1) is 18.1 Å². The van der Waals surface area contributed by atoms with Crippen molar-refractivity contribution >= 4 is 21.4 Å². The van der Waals surface area contributed by atoms with Gasteiger partial charge in [-0.3, -0.25) is 4.79 Å². The zero-order chi connectivity index (χ0) is 24.6. The fraction of sp³-hybridized carbons (Fsp3) is 0.500. The second-order valence-corrected chi connectivity index (χ2v) is 10.4. The van der Waals surface area contributed by atoms with Gasteiger partial charge in [-0.2, -0.15) is 13.2 Å². The highest BCUT2D eigenvalue weighted by atomic mass is 32.2. The molecule has 0 radical (unpaired) electrons. The number of nitrogens with zero attached hydrogens (tertiary/aromatic N) is 1. The van der Waals surface area contributed by atoms with E-state index >= 15 is 0 Å². The van der Waals surface area contributed by atoms with E-state index in [0.717, 1.165) is 18.4 Å². The fourth-order valence-corrected chi connectivity index (χ4v) is 5.34. The third-order valence-corrected chi connectivity index (χ3v) is 7.22. The predicted molar refractivity (Wildman–Crippen MR) is 114 cm³/mol. The lowest BCUT2D eigenvalue weighted by atomic mass is 9.76. The van der Waals surface area contributed by atoms with Crippen LogP contribution in [0.4, 0.5) is 23.2 Å². The normalized spacial score (nSPS) is 19.5. The number of aromatic nitrogens is 1. The lowest BCUT2D eigenvalue weighted by molar-refractivity contribution is -0.187. The number of benzene rings is 1. The number of anilines is 1. The van der Waals surface area contributed by atoms with Crippen LogP contribution in [0.2, 0.25) is 0 Å².